The van der Waals surface area contributed by atoms with Crippen LogP contribution in [-0.2, 0) is 16.7 Å². The minimum atomic E-state index is -3.83. The highest BCUT2D eigenvalue weighted by Crippen LogP contribution is 2.13. The van der Waals surface area contributed by atoms with Crippen LogP contribution in [0.25, 0.3) is 6.08 Å². The molecule has 21 heavy (non-hydrogen) atoms. The Balaban J connectivity index is 0.00000400. The molecule has 0 bridgehead atoms. The maximum absolute atomic E-state index is 10.7. The van der Waals surface area contributed by atoms with Crippen molar-refractivity contribution < 1.29 is 29.9 Å². The van der Waals surface area contributed by atoms with Gasteiger partial charge in [0.2, 0.25) is 0 Å². The van der Waals surface area contributed by atoms with Crippen LogP contribution in [0.4, 0.5) is 0 Å². The van der Waals surface area contributed by atoms with Crippen LogP contribution in [0.15, 0.2) is 30.8 Å². The van der Waals surface area contributed by atoms with Crippen LogP contribution < -0.4 is 12.4 Å². The molecule has 1 rings (SSSR count). The van der Waals surface area contributed by atoms with Gasteiger partial charge in [-0.25, -0.2) is 0 Å². The molecule has 0 aromatic heterocycles. The summed E-state index contributed by atoms with van der Waals surface area (Å²) in [5.74, 6) is -0.154. The van der Waals surface area contributed by atoms with E-state index in [2.05, 4.69) is 32.8 Å². The minimum absolute atomic E-state index is 0. The van der Waals surface area contributed by atoms with E-state index >= 15 is 0 Å². The number of nitrogens with zero attached hydrogens (tertiary/aromatic N) is 1. The van der Waals surface area contributed by atoms with Gasteiger partial charge in [0.15, 0.2) is 0 Å². The Bertz CT molecular complexity index is 556. The first kappa shape index (κ1) is 20.1. The molecule has 0 radical (unpaired) electrons. The van der Waals surface area contributed by atoms with E-state index in [-0.39, 0.29) is 18.2 Å². The van der Waals surface area contributed by atoms with Crippen molar-refractivity contribution in [3.8, 4) is 0 Å². The molecule has 6 heteroatoms. The molecule has 0 unspecified atom stereocenters. The molecule has 0 aliphatic rings. The SMILES string of the molecule is C=Cc1cccc(C[N+](C)(C)CCCCS(=O)(=O)O)c1.[Cl-]. The smallest absolute Gasteiger partial charge is 0.264 e. The molecule has 120 valence electrons. The maximum Gasteiger partial charge on any atom is 0.264 e. The number of hydrogen-bond acceptors (Lipinski definition) is 2. The van der Waals surface area contributed by atoms with E-state index in [0.29, 0.717) is 6.42 Å². The van der Waals surface area contributed by atoms with Crippen LogP contribution in [0, 0.1) is 0 Å². The first-order chi connectivity index (χ1) is 9.22. The van der Waals surface area contributed by atoms with E-state index in [4.69, 9.17) is 4.55 Å². The average molecular weight is 334 g/mol. The Morgan fingerprint density at radius 2 is 1.95 bits per heavy atom. The fourth-order valence-electron chi connectivity index (χ4n) is 2.22. The second-order valence-corrected chi connectivity index (χ2v) is 7.33. The van der Waals surface area contributed by atoms with Gasteiger partial charge in [-0.15, -0.1) is 0 Å². The Morgan fingerprint density at radius 1 is 1.29 bits per heavy atom. The van der Waals surface area contributed by atoms with Gasteiger partial charge < -0.3 is 16.9 Å². The summed E-state index contributed by atoms with van der Waals surface area (Å²) in [5, 5.41) is 0. The number of benzene rings is 1. The molecule has 0 heterocycles. The van der Waals surface area contributed by atoms with Gasteiger partial charge in [-0.05, 0) is 24.5 Å². The van der Waals surface area contributed by atoms with Crippen molar-refractivity contribution in [2.75, 3.05) is 26.4 Å². The molecule has 4 nitrogen and oxygen atoms in total. The number of unbranched alkanes of at least 4 members (excludes halogenated alkanes) is 1. The first-order valence-electron chi connectivity index (χ1n) is 6.70. The van der Waals surface area contributed by atoms with Crippen LogP contribution >= 0.6 is 0 Å². The molecule has 0 spiro atoms. The standard InChI is InChI=1S/C15H23NO3S.ClH/c1-4-14-8-7-9-15(12-14)13-16(2,3)10-5-6-11-20(17,18)19;/h4,7-9,12H,1,5-6,10-11,13H2,2-3H3;1H. The molecule has 0 aliphatic heterocycles. The lowest BCUT2D eigenvalue weighted by Gasteiger charge is -2.30. The fraction of sp³-hybridized carbons (Fsp3) is 0.467. The molecule has 1 N–H and O–H groups in total. The highest BCUT2D eigenvalue weighted by Gasteiger charge is 2.16. The van der Waals surface area contributed by atoms with Gasteiger partial charge in [-0.1, -0.05) is 30.9 Å². The van der Waals surface area contributed by atoms with Crippen LogP contribution in [-0.4, -0.2) is 43.8 Å². The molecular weight excluding hydrogens is 310 g/mol. The molecular formula is C15H24ClNO3S. The Kier molecular flexibility index (Phi) is 8.18. The highest BCUT2D eigenvalue weighted by atomic mass is 35.5. The van der Waals surface area contributed by atoms with Gasteiger partial charge in [-0.2, -0.15) is 8.42 Å². The van der Waals surface area contributed by atoms with Crippen LogP contribution in [0.2, 0.25) is 0 Å². The van der Waals surface area contributed by atoms with E-state index in [1.807, 2.05) is 18.2 Å². The lowest BCUT2D eigenvalue weighted by Crippen LogP contribution is -3.00. The van der Waals surface area contributed by atoms with Gasteiger partial charge in [0.05, 0.1) is 26.4 Å². The highest BCUT2D eigenvalue weighted by molar-refractivity contribution is 7.85. The van der Waals surface area contributed by atoms with Crippen molar-refractivity contribution >= 4 is 16.2 Å². The third-order valence-corrected chi connectivity index (χ3v) is 4.02. The van der Waals surface area contributed by atoms with Crippen molar-refractivity contribution in [1.29, 1.82) is 0 Å². The fourth-order valence-corrected chi connectivity index (χ4v) is 2.78. The van der Waals surface area contributed by atoms with Crippen LogP contribution in [0.3, 0.4) is 0 Å². The van der Waals surface area contributed by atoms with Crippen LogP contribution in [0.5, 0.6) is 0 Å². The zero-order chi connectivity index (χ0) is 15.2. The zero-order valence-electron chi connectivity index (χ0n) is 12.6. The molecule has 0 aliphatic carbocycles. The summed E-state index contributed by atoms with van der Waals surface area (Å²) >= 11 is 0. The third-order valence-electron chi connectivity index (χ3n) is 3.21. The predicted octanol–water partition coefficient (Wildman–Crippen LogP) is -0.422. The van der Waals surface area contributed by atoms with E-state index in [0.717, 1.165) is 29.6 Å². The van der Waals surface area contributed by atoms with Gasteiger partial charge >= 0.3 is 0 Å². The minimum Gasteiger partial charge on any atom is -1.00 e. The maximum atomic E-state index is 10.7. The van der Waals surface area contributed by atoms with Crippen molar-refractivity contribution in [2.24, 2.45) is 0 Å². The van der Waals surface area contributed by atoms with Crippen molar-refractivity contribution in [3.05, 3.63) is 42.0 Å². The largest absolute Gasteiger partial charge is 1.00 e. The summed E-state index contributed by atoms with van der Waals surface area (Å²) in [6.45, 7) is 5.52. The second-order valence-electron chi connectivity index (χ2n) is 5.76. The molecule has 0 fully saturated rings. The Labute approximate surface area is 134 Å². The number of hydrogen-bond donors (Lipinski definition) is 1. The van der Waals surface area contributed by atoms with E-state index in [9.17, 15) is 8.42 Å². The van der Waals surface area contributed by atoms with E-state index < -0.39 is 10.1 Å². The molecule has 0 atom stereocenters. The summed E-state index contributed by atoms with van der Waals surface area (Å²) < 4.78 is 30.8. The summed E-state index contributed by atoms with van der Waals surface area (Å²) in [6, 6.07) is 8.24. The van der Waals surface area contributed by atoms with Gasteiger partial charge in [0.25, 0.3) is 10.1 Å². The second kappa shape index (κ2) is 8.54. The summed E-state index contributed by atoms with van der Waals surface area (Å²) in [6.07, 6.45) is 3.09. The molecule has 0 saturated carbocycles. The molecule has 1 aromatic carbocycles. The third kappa shape index (κ3) is 8.88. The number of quaternary nitrogens is 1. The molecule has 0 amide bonds. The topological polar surface area (TPSA) is 54.4 Å². The summed E-state index contributed by atoms with van der Waals surface area (Å²) in [4.78, 5) is 0. The lowest BCUT2D eigenvalue weighted by molar-refractivity contribution is -0.903. The lowest BCUT2D eigenvalue weighted by atomic mass is 10.1. The summed E-state index contributed by atoms with van der Waals surface area (Å²) in [7, 11) is 0.410. The number of rotatable bonds is 8. The van der Waals surface area contributed by atoms with Crippen molar-refractivity contribution in [1.82, 2.24) is 0 Å². The summed E-state index contributed by atoms with van der Waals surface area (Å²) in [5.41, 5.74) is 2.34. The molecule has 1 aromatic rings. The normalized spacial score (nSPS) is 11.8. The molecule has 0 saturated heterocycles. The van der Waals surface area contributed by atoms with E-state index in [1.54, 1.807) is 0 Å². The van der Waals surface area contributed by atoms with Crippen molar-refractivity contribution in [2.45, 2.75) is 19.4 Å². The average Bonchev–Trinajstić information content (AvgIpc) is 2.33. The van der Waals surface area contributed by atoms with Gasteiger partial charge in [-0.3, -0.25) is 4.55 Å². The Morgan fingerprint density at radius 3 is 2.52 bits per heavy atom. The zero-order valence-corrected chi connectivity index (χ0v) is 14.2. The quantitative estimate of drug-likeness (QED) is 0.399. The van der Waals surface area contributed by atoms with Crippen molar-refractivity contribution in [3.63, 3.8) is 0 Å². The van der Waals surface area contributed by atoms with Crippen LogP contribution in [0.1, 0.15) is 24.0 Å². The van der Waals surface area contributed by atoms with Gasteiger partial charge in [0, 0.05) is 5.56 Å². The van der Waals surface area contributed by atoms with E-state index in [1.165, 1.54) is 5.56 Å². The first-order valence-corrected chi connectivity index (χ1v) is 8.31. The van der Waals surface area contributed by atoms with Gasteiger partial charge in [0.1, 0.15) is 6.54 Å². The monoisotopic (exact) mass is 333 g/mol. The predicted molar refractivity (Wildman–Crippen MR) is 82.9 cm³/mol. The Hall–Kier alpha value is -0.880. The number of halogens is 1.